The lowest BCUT2D eigenvalue weighted by Crippen LogP contribution is -2.29. The largest absolute Gasteiger partial charge is 0.460 e. The van der Waals surface area contributed by atoms with Gasteiger partial charge in [0.2, 0.25) is 0 Å². The van der Waals surface area contributed by atoms with E-state index in [-0.39, 0.29) is 23.6 Å². The molecule has 0 bridgehead atoms. The van der Waals surface area contributed by atoms with Gasteiger partial charge in [0, 0.05) is 0 Å². The van der Waals surface area contributed by atoms with Gasteiger partial charge in [0.25, 0.3) is 0 Å². The fourth-order valence-corrected chi connectivity index (χ4v) is 3.40. The van der Waals surface area contributed by atoms with E-state index in [2.05, 4.69) is 15.0 Å². The highest BCUT2D eigenvalue weighted by Gasteiger charge is 2.45. The molecule has 2 aromatic rings. The molecule has 0 amide bonds. The predicted molar refractivity (Wildman–Crippen MR) is 84.5 cm³/mol. The van der Waals surface area contributed by atoms with Crippen molar-refractivity contribution < 1.29 is 24.1 Å². The third-order valence-electron chi connectivity index (χ3n) is 4.74. The van der Waals surface area contributed by atoms with Crippen molar-refractivity contribution in [3.63, 3.8) is 0 Å². The van der Waals surface area contributed by atoms with Crippen molar-refractivity contribution in [2.24, 2.45) is 0 Å². The Morgan fingerprint density at radius 2 is 2.12 bits per heavy atom. The molecule has 4 rings (SSSR count). The second-order valence-electron chi connectivity index (χ2n) is 6.42. The number of alkyl halides is 1. The molecular weight excluding hydrogens is 333 g/mol. The molecule has 4 atom stereocenters. The van der Waals surface area contributed by atoms with Crippen molar-refractivity contribution >= 4 is 17.0 Å². The molecule has 0 aromatic carbocycles. The Bertz CT molecular complexity index is 766. The average molecular weight is 353 g/mol. The van der Waals surface area contributed by atoms with Crippen LogP contribution in [-0.4, -0.2) is 60.8 Å². The van der Waals surface area contributed by atoms with Gasteiger partial charge in [-0.25, -0.2) is 9.37 Å². The number of hydrogen-bond acceptors (Lipinski definition) is 8. The second-order valence-corrected chi connectivity index (χ2v) is 6.42. The van der Waals surface area contributed by atoms with E-state index in [1.165, 1.54) is 10.9 Å². The van der Waals surface area contributed by atoms with Crippen molar-refractivity contribution in [1.82, 2.24) is 19.5 Å². The summed E-state index contributed by atoms with van der Waals surface area (Å²) in [7, 11) is 0. The number of hydrogen-bond donors (Lipinski definition) is 3. The van der Waals surface area contributed by atoms with Crippen molar-refractivity contribution in [3.05, 3.63) is 6.33 Å². The number of rotatable bonds is 4. The van der Waals surface area contributed by atoms with Gasteiger partial charge in [0.15, 0.2) is 29.4 Å². The Morgan fingerprint density at radius 1 is 1.36 bits per heavy atom. The van der Waals surface area contributed by atoms with Crippen LogP contribution in [0.2, 0.25) is 0 Å². The molecule has 9 nitrogen and oxygen atoms in total. The minimum absolute atomic E-state index is 0.0514. The Hall–Kier alpha value is -2.04. The van der Waals surface area contributed by atoms with Gasteiger partial charge in [-0.15, -0.1) is 0 Å². The van der Waals surface area contributed by atoms with Gasteiger partial charge in [-0.2, -0.15) is 9.97 Å². The molecule has 0 unspecified atom stereocenters. The fraction of sp³-hybridized carbons (Fsp3) is 0.667. The zero-order chi connectivity index (χ0) is 17.6. The van der Waals surface area contributed by atoms with Crippen LogP contribution < -0.4 is 10.5 Å². The summed E-state index contributed by atoms with van der Waals surface area (Å²) in [4.78, 5) is 12.6. The molecule has 1 aliphatic carbocycles. The normalized spacial score (nSPS) is 30.4. The van der Waals surface area contributed by atoms with Crippen LogP contribution in [0.1, 0.15) is 31.9 Å². The molecule has 1 aliphatic heterocycles. The number of fused-ring (bicyclic) bond motifs is 1. The minimum atomic E-state index is -1.71. The monoisotopic (exact) mass is 353 g/mol. The Balaban J connectivity index is 1.68. The third kappa shape index (κ3) is 2.79. The molecule has 2 aromatic heterocycles. The van der Waals surface area contributed by atoms with Gasteiger partial charge in [-0.1, -0.05) is 0 Å². The van der Waals surface area contributed by atoms with E-state index in [1.54, 1.807) is 0 Å². The topological polar surface area (TPSA) is 129 Å². The number of imidazole rings is 1. The number of ether oxygens (including phenoxy) is 2. The van der Waals surface area contributed by atoms with Gasteiger partial charge < -0.3 is 25.4 Å². The van der Waals surface area contributed by atoms with E-state index in [0.717, 1.165) is 25.7 Å². The van der Waals surface area contributed by atoms with Crippen LogP contribution in [-0.2, 0) is 4.74 Å². The summed E-state index contributed by atoms with van der Waals surface area (Å²) in [6.07, 6.45) is 0.151. The summed E-state index contributed by atoms with van der Waals surface area (Å²) in [6, 6.07) is 0.127. The first-order valence-corrected chi connectivity index (χ1v) is 8.33. The maximum absolute atomic E-state index is 14.0. The lowest BCUT2D eigenvalue weighted by atomic mass is 10.1. The van der Waals surface area contributed by atoms with E-state index in [9.17, 15) is 9.50 Å². The molecule has 3 heterocycles. The summed E-state index contributed by atoms with van der Waals surface area (Å²) in [5.41, 5.74) is 6.54. The number of halogens is 1. The number of nitrogens with two attached hydrogens (primary N) is 1. The third-order valence-corrected chi connectivity index (χ3v) is 4.74. The molecule has 2 aliphatic rings. The van der Waals surface area contributed by atoms with Gasteiger partial charge in [0.05, 0.1) is 12.9 Å². The Labute approximate surface area is 142 Å². The predicted octanol–water partition coefficient (Wildman–Crippen LogP) is 0.319. The van der Waals surface area contributed by atoms with Gasteiger partial charge in [0.1, 0.15) is 18.3 Å². The number of aromatic nitrogens is 4. The molecule has 1 saturated carbocycles. The van der Waals surface area contributed by atoms with Crippen molar-refractivity contribution in [3.8, 4) is 6.01 Å². The van der Waals surface area contributed by atoms with E-state index in [1.807, 2.05) is 0 Å². The van der Waals surface area contributed by atoms with Crippen LogP contribution in [0.25, 0.3) is 11.2 Å². The fourth-order valence-electron chi connectivity index (χ4n) is 3.40. The summed E-state index contributed by atoms with van der Waals surface area (Å²) in [6.45, 7) is -0.533. The van der Waals surface area contributed by atoms with E-state index >= 15 is 0 Å². The lowest BCUT2D eigenvalue weighted by molar-refractivity contribution is -0.0495. The van der Waals surface area contributed by atoms with Crippen LogP contribution in [0, 0.1) is 0 Å². The molecule has 25 heavy (non-hydrogen) atoms. The number of aliphatic hydroxyl groups excluding tert-OH is 2. The lowest BCUT2D eigenvalue weighted by Gasteiger charge is -2.17. The number of aliphatic hydroxyl groups is 2. The first-order chi connectivity index (χ1) is 12.1. The number of anilines is 1. The zero-order valence-electron chi connectivity index (χ0n) is 13.5. The summed E-state index contributed by atoms with van der Waals surface area (Å²) < 4.78 is 26.6. The molecule has 2 fully saturated rings. The molecular formula is C15H20FN5O4. The number of nitrogen functional groups attached to an aromatic ring is 1. The molecule has 0 radical (unpaired) electrons. The van der Waals surface area contributed by atoms with Gasteiger partial charge in [-0.3, -0.25) is 4.57 Å². The Morgan fingerprint density at radius 3 is 2.80 bits per heavy atom. The molecule has 4 N–H and O–H groups in total. The van der Waals surface area contributed by atoms with Crippen molar-refractivity contribution in [2.75, 3.05) is 12.3 Å². The van der Waals surface area contributed by atoms with Crippen LogP contribution in [0.3, 0.4) is 0 Å². The maximum atomic E-state index is 14.0. The summed E-state index contributed by atoms with van der Waals surface area (Å²) >= 11 is 0. The average Bonchev–Trinajstić information content (AvgIpc) is 3.30. The standard InChI is InChI=1S/C15H20FN5O4/c16-9-8(5-22)25-14(11(9)23)21-6-18-10-12(17)19-15(20-13(10)21)24-7-3-1-2-4-7/h6-9,11,14,22-23H,1-5H2,(H2,17,19,20)/t8-,9+,11-,14-/m1/s1. The number of nitrogens with zero attached hydrogens (tertiary/aromatic N) is 4. The molecule has 0 spiro atoms. The molecule has 10 heteroatoms. The van der Waals surface area contributed by atoms with E-state index in [0.29, 0.717) is 5.52 Å². The van der Waals surface area contributed by atoms with Crippen molar-refractivity contribution in [1.29, 1.82) is 0 Å². The molecule has 136 valence electrons. The highest BCUT2D eigenvalue weighted by molar-refractivity contribution is 5.82. The molecule has 1 saturated heterocycles. The SMILES string of the molecule is Nc1nc(OC2CCCC2)nc2c1ncn2[C@@H]1O[C@H](CO)[C@H](F)[C@H]1O. The van der Waals surface area contributed by atoms with Gasteiger partial charge >= 0.3 is 6.01 Å². The zero-order valence-corrected chi connectivity index (χ0v) is 13.5. The van der Waals surface area contributed by atoms with Crippen molar-refractivity contribution in [2.45, 2.75) is 56.4 Å². The summed E-state index contributed by atoms with van der Waals surface area (Å²) in [5, 5.41) is 19.3. The minimum Gasteiger partial charge on any atom is -0.460 e. The van der Waals surface area contributed by atoms with E-state index < -0.39 is 31.2 Å². The summed E-state index contributed by atoms with van der Waals surface area (Å²) in [5.74, 6) is 0.139. The first kappa shape index (κ1) is 16.4. The van der Waals surface area contributed by atoms with Crippen LogP contribution >= 0.6 is 0 Å². The Kier molecular flexibility index (Phi) is 4.18. The van der Waals surface area contributed by atoms with Crippen LogP contribution in [0.15, 0.2) is 6.33 Å². The maximum Gasteiger partial charge on any atom is 0.320 e. The highest BCUT2D eigenvalue weighted by Crippen LogP contribution is 2.34. The second kappa shape index (κ2) is 6.36. The first-order valence-electron chi connectivity index (χ1n) is 8.33. The highest BCUT2D eigenvalue weighted by atomic mass is 19.1. The van der Waals surface area contributed by atoms with E-state index in [4.69, 9.17) is 20.3 Å². The van der Waals surface area contributed by atoms with Gasteiger partial charge in [-0.05, 0) is 25.7 Å². The van der Waals surface area contributed by atoms with Crippen LogP contribution in [0.4, 0.5) is 10.2 Å². The smallest absolute Gasteiger partial charge is 0.320 e. The van der Waals surface area contributed by atoms with Crippen LogP contribution in [0.5, 0.6) is 6.01 Å². The quantitative estimate of drug-likeness (QED) is 0.717.